The number of nitrogens with two attached hydrogens (primary N) is 1. The Morgan fingerprint density at radius 3 is 2.74 bits per heavy atom. The van der Waals surface area contributed by atoms with Crippen molar-refractivity contribution in [2.45, 2.75) is 26.7 Å². The summed E-state index contributed by atoms with van der Waals surface area (Å²) >= 11 is 0. The summed E-state index contributed by atoms with van der Waals surface area (Å²) in [7, 11) is -2.83. The van der Waals surface area contributed by atoms with E-state index in [0.29, 0.717) is 29.8 Å². The summed E-state index contributed by atoms with van der Waals surface area (Å²) in [6.07, 6.45) is 1.44. The van der Waals surface area contributed by atoms with E-state index < -0.39 is 9.84 Å². The second-order valence-electron chi connectivity index (χ2n) is 5.00. The maximum absolute atomic E-state index is 11.4. The molecular formula is C12H20N4O2S. The van der Waals surface area contributed by atoms with E-state index in [4.69, 9.17) is 5.73 Å². The Kier molecular flexibility index (Phi) is 3.93. The van der Waals surface area contributed by atoms with Crippen LogP contribution in [0.15, 0.2) is 0 Å². The molecule has 3 N–H and O–H groups in total. The Bertz CT molecular complexity index is 571. The van der Waals surface area contributed by atoms with Crippen molar-refractivity contribution in [2.24, 2.45) is 5.92 Å². The van der Waals surface area contributed by atoms with Crippen LogP contribution < -0.4 is 11.1 Å². The second-order valence-corrected chi connectivity index (χ2v) is 7.23. The van der Waals surface area contributed by atoms with Gasteiger partial charge >= 0.3 is 0 Å². The van der Waals surface area contributed by atoms with Gasteiger partial charge < -0.3 is 11.1 Å². The molecule has 1 aliphatic rings. The van der Waals surface area contributed by atoms with Crippen LogP contribution in [-0.2, 0) is 16.3 Å². The largest absolute Gasteiger partial charge is 0.383 e. The van der Waals surface area contributed by atoms with Gasteiger partial charge in [0.1, 0.15) is 17.5 Å². The highest BCUT2D eigenvalue weighted by atomic mass is 32.2. The van der Waals surface area contributed by atoms with E-state index in [0.717, 1.165) is 18.4 Å². The van der Waals surface area contributed by atoms with Crippen molar-refractivity contribution in [3.63, 3.8) is 0 Å². The molecule has 6 nitrogen and oxygen atoms in total. The van der Waals surface area contributed by atoms with Crippen molar-refractivity contribution in [1.29, 1.82) is 0 Å². The number of hydrogen-bond donors (Lipinski definition) is 2. The normalized spacial score (nSPS) is 21.5. The minimum absolute atomic E-state index is 0.158. The van der Waals surface area contributed by atoms with Gasteiger partial charge in [0.2, 0.25) is 0 Å². The Hall–Kier alpha value is -1.37. The van der Waals surface area contributed by atoms with Gasteiger partial charge in [-0.2, -0.15) is 0 Å². The van der Waals surface area contributed by atoms with Gasteiger partial charge in [0.05, 0.1) is 11.5 Å². The zero-order valence-corrected chi connectivity index (χ0v) is 12.1. The molecule has 7 heteroatoms. The van der Waals surface area contributed by atoms with Gasteiger partial charge in [-0.3, -0.25) is 0 Å². The van der Waals surface area contributed by atoms with E-state index >= 15 is 0 Å². The Labute approximate surface area is 113 Å². The number of aromatic nitrogens is 2. The molecule has 0 radical (unpaired) electrons. The van der Waals surface area contributed by atoms with Crippen LogP contribution >= 0.6 is 0 Å². The third-order valence-electron chi connectivity index (χ3n) is 3.43. The fourth-order valence-corrected chi connectivity index (χ4v) is 4.05. The van der Waals surface area contributed by atoms with Crippen LogP contribution in [-0.4, -0.2) is 36.4 Å². The van der Waals surface area contributed by atoms with Crippen molar-refractivity contribution < 1.29 is 8.42 Å². The quantitative estimate of drug-likeness (QED) is 0.847. The summed E-state index contributed by atoms with van der Waals surface area (Å²) in [6, 6.07) is 0. The number of aryl methyl sites for hydroxylation is 1. The number of nitrogen functional groups attached to an aromatic ring is 1. The molecule has 2 heterocycles. The van der Waals surface area contributed by atoms with Crippen LogP contribution in [0.1, 0.15) is 24.7 Å². The highest BCUT2D eigenvalue weighted by molar-refractivity contribution is 7.91. The highest BCUT2D eigenvalue weighted by Gasteiger charge is 2.27. The molecule has 2 rings (SSSR count). The second kappa shape index (κ2) is 5.32. The van der Waals surface area contributed by atoms with Crippen molar-refractivity contribution in [3.8, 4) is 0 Å². The van der Waals surface area contributed by atoms with Gasteiger partial charge in [-0.15, -0.1) is 0 Å². The van der Waals surface area contributed by atoms with Gasteiger partial charge in [0.15, 0.2) is 9.84 Å². The van der Waals surface area contributed by atoms with Gasteiger partial charge in [-0.1, -0.05) is 6.92 Å². The molecule has 0 amide bonds. The van der Waals surface area contributed by atoms with Crippen LogP contribution in [0.2, 0.25) is 0 Å². The number of nitrogens with zero attached hydrogens (tertiary/aromatic N) is 2. The van der Waals surface area contributed by atoms with Gasteiger partial charge in [-0.25, -0.2) is 18.4 Å². The molecule has 1 aromatic rings. The lowest BCUT2D eigenvalue weighted by atomic mass is 10.1. The van der Waals surface area contributed by atoms with Crippen LogP contribution in [0.4, 0.5) is 11.6 Å². The van der Waals surface area contributed by atoms with Crippen LogP contribution in [0, 0.1) is 12.8 Å². The van der Waals surface area contributed by atoms with E-state index in [9.17, 15) is 8.42 Å². The summed E-state index contributed by atoms with van der Waals surface area (Å²) in [5.41, 5.74) is 6.65. The minimum atomic E-state index is -2.83. The zero-order valence-electron chi connectivity index (χ0n) is 11.3. The Morgan fingerprint density at radius 2 is 2.16 bits per heavy atom. The SMILES string of the molecule is CCc1nc(N)c(C)c(NCC2CCS(=O)(=O)C2)n1. The lowest BCUT2D eigenvalue weighted by Gasteiger charge is -2.14. The maximum Gasteiger partial charge on any atom is 0.150 e. The van der Waals surface area contributed by atoms with Crippen molar-refractivity contribution in [1.82, 2.24) is 9.97 Å². The predicted molar refractivity (Wildman–Crippen MR) is 75.8 cm³/mol. The van der Waals surface area contributed by atoms with Crippen molar-refractivity contribution in [2.75, 3.05) is 29.1 Å². The van der Waals surface area contributed by atoms with E-state index in [1.807, 2.05) is 13.8 Å². The zero-order chi connectivity index (χ0) is 14.0. The van der Waals surface area contributed by atoms with Crippen molar-refractivity contribution in [3.05, 3.63) is 11.4 Å². The van der Waals surface area contributed by atoms with E-state index in [1.165, 1.54) is 0 Å². The van der Waals surface area contributed by atoms with Crippen LogP contribution in [0.3, 0.4) is 0 Å². The molecule has 1 aliphatic heterocycles. The molecule has 0 saturated carbocycles. The van der Waals surface area contributed by atoms with E-state index in [2.05, 4.69) is 15.3 Å². The molecule has 19 heavy (non-hydrogen) atoms. The molecule has 0 aliphatic carbocycles. The summed E-state index contributed by atoms with van der Waals surface area (Å²) in [4.78, 5) is 8.58. The first kappa shape index (κ1) is 14.0. The fourth-order valence-electron chi connectivity index (χ4n) is 2.19. The average molecular weight is 284 g/mol. The molecule has 1 atom stereocenters. The molecule has 0 spiro atoms. The number of rotatable bonds is 4. The maximum atomic E-state index is 11.4. The summed E-state index contributed by atoms with van der Waals surface area (Å²) in [6.45, 7) is 4.44. The van der Waals surface area contributed by atoms with E-state index in [-0.39, 0.29) is 11.7 Å². The van der Waals surface area contributed by atoms with Gasteiger partial charge in [0.25, 0.3) is 0 Å². The standard InChI is InChI=1S/C12H20N4O2S/c1-3-10-15-11(13)8(2)12(16-10)14-6-9-4-5-19(17,18)7-9/h9H,3-7H2,1-2H3,(H3,13,14,15,16). The van der Waals surface area contributed by atoms with E-state index in [1.54, 1.807) is 0 Å². The molecule has 1 aromatic heterocycles. The first-order valence-electron chi connectivity index (χ1n) is 6.48. The predicted octanol–water partition coefficient (Wildman–Crippen LogP) is 0.776. The van der Waals surface area contributed by atoms with Gasteiger partial charge in [0, 0.05) is 18.5 Å². The summed E-state index contributed by atoms with van der Waals surface area (Å²) in [5.74, 6) is 2.61. The van der Waals surface area contributed by atoms with Gasteiger partial charge in [-0.05, 0) is 19.3 Å². The number of hydrogen-bond acceptors (Lipinski definition) is 6. The monoisotopic (exact) mass is 284 g/mol. The summed E-state index contributed by atoms with van der Waals surface area (Å²) < 4.78 is 22.8. The first-order chi connectivity index (χ1) is 8.91. The topological polar surface area (TPSA) is 98.0 Å². The Morgan fingerprint density at radius 1 is 1.42 bits per heavy atom. The third kappa shape index (κ3) is 3.34. The third-order valence-corrected chi connectivity index (χ3v) is 5.27. The lowest BCUT2D eigenvalue weighted by Crippen LogP contribution is -2.18. The average Bonchev–Trinajstić information content (AvgIpc) is 2.70. The molecule has 0 bridgehead atoms. The molecular weight excluding hydrogens is 264 g/mol. The van der Waals surface area contributed by atoms with Crippen LogP contribution in [0.25, 0.3) is 0 Å². The highest BCUT2D eigenvalue weighted by Crippen LogP contribution is 2.21. The van der Waals surface area contributed by atoms with Crippen LogP contribution in [0.5, 0.6) is 0 Å². The molecule has 1 unspecified atom stereocenters. The lowest BCUT2D eigenvalue weighted by molar-refractivity contribution is 0.595. The number of anilines is 2. The Balaban J connectivity index is 2.05. The molecule has 1 saturated heterocycles. The number of sulfone groups is 1. The smallest absolute Gasteiger partial charge is 0.150 e. The molecule has 1 fully saturated rings. The molecule has 106 valence electrons. The fraction of sp³-hybridized carbons (Fsp3) is 0.667. The molecule has 0 aromatic carbocycles. The summed E-state index contributed by atoms with van der Waals surface area (Å²) in [5, 5.41) is 3.21. The number of nitrogens with one attached hydrogen (secondary N) is 1. The minimum Gasteiger partial charge on any atom is -0.383 e. The van der Waals surface area contributed by atoms with Crippen molar-refractivity contribution >= 4 is 21.5 Å². The first-order valence-corrected chi connectivity index (χ1v) is 8.30.